The minimum atomic E-state index is -2.66. The van der Waals surface area contributed by atoms with Crippen molar-refractivity contribution < 1.29 is 13.6 Å². The Morgan fingerprint density at radius 1 is 1.50 bits per heavy atom. The van der Waals surface area contributed by atoms with Gasteiger partial charge in [-0.25, -0.2) is 8.78 Å². The van der Waals surface area contributed by atoms with Gasteiger partial charge in [-0.1, -0.05) is 0 Å². The minimum absolute atomic E-state index is 0.0717. The van der Waals surface area contributed by atoms with Gasteiger partial charge in [-0.15, -0.1) is 0 Å². The average molecular weight is 260 g/mol. The van der Waals surface area contributed by atoms with Gasteiger partial charge in [0.15, 0.2) is 0 Å². The molecular formula is C13H22F2N2O. The second-order valence-electron chi connectivity index (χ2n) is 5.83. The molecule has 18 heavy (non-hydrogen) atoms. The van der Waals surface area contributed by atoms with Gasteiger partial charge in [0.2, 0.25) is 11.8 Å². The van der Waals surface area contributed by atoms with E-state index >= 15 is 0 Å². The highest BCUT2D eigenvalue weighted by Gasteiger charge is 2.42. The smallest absolute Gasteiger partial charge is 0.248 e. The molecule has 0 aromatic rings. The third-order valence-electron chi connectivity index (χ3n) is 4.27. The van der Waals surface area contributed by atoms with Gasteiger partial charge in [0.05, 0.1) is 0 Å². The first-order valence-electron chi connectivity index (χ1n) is 6.81. The van der Waals surface area contributed by atoms with E-state index in [1.54, 1.807) is 4.90 Å². The molecule has 2 N–H and O–H groups in total. The molecule has 5 heteroatoms. The number of amides is 1. The quantitative estimate of drug-likeness (QED) is 0.825. The van der Waals surface area contributed by atoms with Crippen molar-refractivity contribution in [1.29, 1.82) is 0 Å². The molecule has 1 saturated heterocycles. The molecule has 1 saturated carbocycles. The molecule has 0 aromatic carbocycles. The molecule has 1 heterocycles. The summed E-state index contributed by atoms with van der Waals surface area (Å²) >= 11 is 0. The maximum atomic E-state index is 13.4. The van der Waals surface area contributed by atoms with Crippen molar-refractivity contribution in [3.05, 3.63) is 0 Å². The monoisotopic (exact) mass is 260 g/mol. The maximum absolute atomic E-state index is 13.4. The molecule has 0 bridgehead atoms. The summed E-state index contributed by atoms with van der Waals surface area (Å²) in [4.78, 5) is 14.1. The Kier molecular flexibility index (Phi) is 3.90. The molecule has 0 spiro atoms. The molecule has 104 valence electrons. The van der Waals surface area contributed by atoms with Crippen molar-refractivity contribution in [3.63, 3.8) is 0 Å². The van der Waals surface area contributed by atoms with Crippen LogP contribution >= 0.6 is 0 Å². The van der Waals surface area contributed by atoms with Crippen molar-refractivity contribution >= 4 is 5.91 Å². The second kappa shape index (κ2) is 5.11. The van der Waals surface area contributed by atoms with Crippen molar-refractivity contribution in [2.24, 2.45) is 17.6 Å². The summed E-state index contributed by atoms with van der Waals surface area (Å²) in [7, 11) is 0. The Labute approximate surface area is 107 Å². The zero-order valence-electron chi connectivity index (χ0n) is 10.9. The lowest BCUT2D eigenvalue weighted by Gasteiger charge is -2.32. The summed E-state index contributed by atoms with van der Waals surface area (Å²) in [6, 6.07) is 0.140. The fourth-order valence-electron chi connectivity index (χ4n) is 3.24. The molecule has 1 amide bonds. The van der Waals surface area contributed by atoms with E-state index in [9.17, 15) is 13.6 Å². The summed E-state index contributed by atoms with van der Waals surface area (Å²) < 4.78 is 26.7. The molecule has 2 rings (SSSR count). The van der Waals surface area contributed by atoms with Gasteiger partial charge in [0.25, 0.3) is 0 Å². The van der Waals surface area contributed by atoms with Crippen LogP contribution in [-0.2, 0) is 4.79 Å². The summed E-state index contributed by atoms with van der Waals surface area (Å²) in [6.07, 6.45) is 1.60. The molecule has 1 aliphatic carbocycles. The minimum Gasteiger partial charge on any atom is -0.339 e. The number of nitrogens with two attached hydrogens (primary N) is 1. The van der Waals surface area contributed by atoms with Gasteiger partial charge in [-0.05, 0) is 38.6 Å². The van der Waals surface area contributed by atoms with Crippen molar-refractivity contribution in [2.75, 3.05) is 13.1 Å². The molecule has 3 unspecified atom stereocenters. The van der Waals surface area contributed by atoms with Gasteiger partial charge in [-0.2, -0.15) is 0 Å². The molecule has 0 aromatic heterocycles. The average Bonchev–Trinajstić information content (AvgIpc) is 2.68. The first-order valence-corrected chi connectivity index (χ1v) is 6.81. The zero-order valence-corrected chi connectivity index (χ0v) is 10.9. The van der Waals surface area contributed by atoms with Gasteiger partial charge in [0, 0.05) is 31.3 Å². The van der Waals surface area contributed by atoms with Crippen LogP contribution in [0.2, 0.25) is 0 Å². The van der Waals surface area contributed by atoms with Gasteiger partial charge in [0.1, 0.15) is 0 Å². The van der Waals surface area contributed by atoms with E-state index in [0.29, 0.717) is 31.8 Å². The first-order chi connectivity index (χ1) is 8.43. The van der Waals surface area contributed by atoms with Crippen molar-refractivity contribution in [2.45, 2.75) is 51.0 Å². The lowest BCUT2D eigenvalue weighted by atomic mass is 9.85. The highest BCUT2D eigenvalue weighted by Crippen LogP contribution is 2.38. The normalized spacial score (nSPS) is 35.8. The van der Waals surface area contributed by atoms with E-state index in [1.165, 1.54) is 0 Å². The highest BCUT2D eigenvalue weighted by molar-refractivity contribution is 5.79. The fraction of sp³-hybridized carbons (Fsp3) is 0.923. The van der Waals surface area contributed by atoms with E-state index in [4.69, 9.17) is 5.73 Å². The third-order valence-corrected chi connectivity index (χ3v) is 4.27. The summed E-state index contributed by atoms with van der Waals surface area (Å²) in [6.45, 7) is 3.18. The number of alkyl halides is 2. The Balaban J connectivity index is 1.99. The Hall–Kier alpha value is -0.710. The van der Waals surface area contributed by atoms with Crippen LogP contribution < -0.4 is 5.73 Å². The van der Waals surface area contributed by atoms with E-state index < -0.39 is 11.8 Å². The first kappa shape index (κ1) is 13.7. The summed E-state index contributed by atoms with van der Waals surface area (Å²) in [5.74, 6) is -2.91. The van der Waals surface area contributed by atoms with Crippen LogP contribution in [0.15, 0.2) is 0 Å². The van der Waals surface area contributed by atoms with E-state index in [0.717, 1.165) is 6.42 Å². The van der Waals surface area contributed by atoms with Crippen molar-refractivity contribution in [3.8, 4) is 0 Å². The standard InChI is InChI=1S/C13H22F2N2O/c1-9-5-10(7-16)8-17(9)12(18)11-3-2-4-13(14,15)6-11/h9-11H,2-8,16H2,1H3. The summed E-state index contributed by atoms with van der Waals surface area (Å²) in [5, 5.41) is 0. The second-order valence-corrected chi connectivity index (χ2v) is 5.83. The lowest BCUT2D eigenvalue weighted by molar-refractivity contribution is -0.143. The predicted molar refractivity (Wildman–Crippen MR) is 65.2 cm³/mol. The number of hydrogen-bond donors (Lipinski definition) is 1. The predicted octanol–water partition coefficient (Wildman–Crippen LogP) is 2.01. The Morgan fingerprint density at radius 3 is 2.78 bits per heavy atom. The van der Waals surface area contributed by atoms with Gasteiger partial charge in [-0.3, -0.25) is 4.79 Å². The maximum Gasteiger partial charge on any atom is 0.248 e. The SMILES string of the molecule is CC1CC(CN)CN1C(=O)C1CCCC(F)(F)C1. The Morgan fingerprint density at radius 2 is 2.22 bits per heavy atom. The third kappa shape index (κ3) is 2.82. The number of nitrogens with zero attached hydrogens (tertiary/aromatic N) is 1. The molecule has 3 atom stereocenters. The molecule has 3 nitrogen and oxygen atoms in total. The van der Waals surface area contributed by atoms with Crippen LogP contribution in [-0.4, -0.2) is 35.9 Å². The van der Waals surface area contributed by atoms with Crippen LogP contribution in [0.25, 0.3) is 0 Å². The Bertz CT molecular complexity index is 322. The van der Waals surface area contributed by atoms with Crippen LogP contribution in [0.5, 0.6) is 0 Å². The van der Waals surface area contributed by atoms with Crippen LogP contribution in [0, 0.1) is 11.8 Å². The molecule has 1 aliphatic heterocycles. The van der Waals surface area contributed by atoms with Crippen LogP contribution in [0.3, 0.4) is 0 Å². The van der Waals surface area contributed by atoms with Gasteiger partial charge >= 0.3 is 0 Å². The number of hydrogen-bond acceptors (Lipinski definition) is 2. The fourth-order valence-corrected chi connectivity index (χ4v) is 3.24. The summed E-state index contributed by atoms with van der Waals surface area (Å²) in [5.41, 5.74) is 5.62. The topological polar surface area (TPSA) is 46.3 Å². The van der Waals surface area contributed by atoms with E-state index in [-0.39, 0.29) is 24.8 Å². The number of carbonyl (C=O) groups excluding carboxylic acids is 1. The number of likely N-dealkylation sites (tertiary alicyclic amines) is 1. The zero-order chi connectivity index (χ0) is 13.3. The largest absolute Gasteiger partial charge is 0.339 e. The number of rotatable bonds is 2. The lowest BCUT2D eigenvalue weighted by Crippen LogP contribution is -2.42. The van der Waals surface area contributed by atoms with Crippen LogP contribution in [0.1, 0.15) is 39.0 Å². The molecule has 0 radical (unpaired) electrons. The van der Waals surface area contributed by atoms with Gasteiger partial charge < -0.3 is 10.6 Å². The number of halogens is 2. The van der Waals surface area contributed by atoms with Crippen LogP contribution in [0.4, 0.5) is 8.78 Å². The highest BCUT2D eigenvalue weighted by atomic mass is 19.3. The molecule has 2 fully saturated rings. The van der Waals surface area contributed by atoms with E-state index in [1.807, 2.05) is 6.92 Å². The number of carbonyl (C=O) groups is 1. The molecular weight excluding hydrogens is 238 g/mol. The van der Waals surface area contributed by atoms with E-state index in [2.05, 4.69) is 0 Å². The van der Waals surface area contributed by atoms with Crippen molar-refractivity contribution in [1.82, 2.24) is 4.90 Å². The molecule has 2 aliphatic rings.